The number of hydrogen-bond acceptors (Lipinski definition) is 6. The molecule has 0 radical (unpaired) electrons. The minimum Gasteiger partial charge on any atom is -0.465 e. The van der Waals surface area contributed by atoms with Gasteiger partial charge in [0.1, 0.15) is 23.7 Å². The SMILES string of the molecule is O=C(/C=C/c1ccco1)Nc1cc(N2CCN(c3ccccc3)CC2)ncn1. The Morgan fingerprint density at radius 1 is 1.00 bits per heavy atom. The topological polar surface area (TPSA) is 74.5 Å². The van der Waals surface area contributed by atoms with Gasteiger partial charge in [0, 0.05) is 44.0 Å². The third-order valence-corrected chi connectivity index (χ3v) is 4.57. The maximum absolute atomic E-state index is 12.1. The summed E-state index contributed by atoms with van der Waals surface area (Å²) in [5.41, 5.74) is 1.24. The summed E-state index contributed by atoms with van der Waals surface area (Å²) in [4.78, 5) is 25.2. The maximum Gasteiger partial charge on any atom is 0.249 e. The first-order chi connectivity index (χ1) is 13.8. The number of nitrogens with zero attached hydrogens (tertiary/aromatic N) is 4. The van der Waals surface area contributed by atoms with E-state index in [0.29, 0.717) is 11.6 Å². The number of benzene rings is 1. The molecule has 2 aromatic heterocycles. The summed E-state index contributed by atoms with van der Waals surface area (Å²) in [6.07, 6.45) is 6.07. The van der Waals surface area contributed by atoms with Crippen molar-refractivity contribution in [1.82, 2.24) is 9.97 Å². The van der Waals surface area contributed by atoms with Crippen molar-refractivity contribution in [3.05, 3.63) is 73.0 Å². The molecule has 28 heavy (non-hydrogen) atoms. The van der Waals surface area contributed by atoms with Gasteiger partial charge in [0.15, 0.2) is 0 Å². The molecule has 0 saturated carbocycles. The van der Waals surface area contributed by atoms with Gasteiger partial charge in [-0.3, -0.25) is 4.79 Å². The lowest BCUT2D eigenvalue weighted by molar-refractivity contribution is -0.111. The molecule has 142 valence electrons. The molecule has 0 spiro atoms. The van der Waals surface area contributed by atoms with Gasteiger partial charge in [-0.15, -0.1) is 0 Å². The second-order valence-corrected chi connectivity index (χ2v) is 6.41. The van der Waals surface area contributed by atoms with E-state index in [4.69, 9.17) is 4.42 Å². The van der Waals surface area contributed by atoms with E-state index in [9.17, 15) is 4.79 Å². The van der Waals surface area contributed by atoms with E-state index in [-0.39, 0.29) is 5.91 Å². The molecule has 0 bridgehead atoms. The fraction of sp³-hybridized carbons (Fsp3) is 0.190. The Balaban J connectivity index is 1.35. The van der Waals surface area contributed by atoms with Crippen molar-refractivity contribution in [2.75, 3.05) is 41.3 Å². The van der Waals surface area contributed by atoms with E-state index in [1.807, 2.05) is 6.07 Å². The van der Waals surface area contributed by atoms with Crippen LogP contribution < -0.4 is 15.1 Å². The predicted octanol–water partition coefficient (Wildman–Crippen LogP) is 3.05. The third-order valence-electron chi connectivity index (χ3n) is 4.57. The van der Waals surface area contributed by atoms with Gasteiger partial charge in [-0.1, -0.05) is 18.2 Å². The molecule has 1 aliphatic heterocycles. The molecule has 0 aliphatic carbocycles. The number of rotatable bonds is 5. The summed E-state index contributed by atoms with van der Waals surface area (Å²) in [5.74, 6) is 1.64. The van der Waals surface area contributed by atoms with Crippen LogP contribution in [0.1, 0.15) is 5.76 Å². The molecule has 3 aromatic rings. The molecular formula is C21H21N5O2. The van der Waals surface area contributed by atoms with Crippen LogP contribution >= 0.6 is 0 Å². The second kappa shape index (κ2) is 8.39. The Labute approximate surface area is 163 Å². The lowest BCUT2D eigenvalue weighted by Gasteiger charge is -2.36. The number of piperazine rings is 1. The van der Waals surface area contributed by atoms with Crippen LogP contribution in [0, 0.1) is 0 Å². The number of carbonyl (C=O) groups is 1. The van der Waals surface area contributed by atoms with Crippen molar-refractivity contribution in [3.63, 3.8) is 0 Å². The van der Waals surface area contributed by atoms with Crippen LogP contribution in [0.2, 0.25) is 0 Å². The number of nitrogens with one attached hydrogen (secondary N) is 1. The minimum atomic E-state index is -0.269. The molecule has 1 amide bonds. The monoisotopic (exact) mass is 375 g/mol. The van der Waals surface area contributed by atoms with E-state index >= 15 is 0 Å². The zero-order chi connectivity index (χ0) is 19.2. The van der Waals surface area contributed by atoms with Gasteiger partial charge < -0.3 is 19.5 Å². The Morgan fingerprint density at radius 2 is 1.79 bits per heavy atom. The van der Waals surface area contributed by atoms with Crippen LogP contribution in [0.4, 0.5) is 17.3 Å². The highest BCUT2D eigenvalue weighted by atomic mass is 16.3. The molecule has 1 aliphatic rings. The van der Waals surface area contributed by atoms with Crippen LogP contribution in [-0.4, -0.2) is 42.1 Å². The summed E-state index contributed by atoms with van der Waals surface area (Å²) >= 11 is 0. The van der Waals surface area contributed by atoms with Crippen molar-refractivity contribution in [3.8, 4) is 0 Å². The summed E-state index contributed by atoms with van der Waals surface area (Å²) in [5, 5.41) is 2.76. The van der Waals surface area contributed by atoms with Crippen LogP contribution in [0.25, 0.3) is 6.08 Å². The van der Waals surface area contributed by atoms with Crippen LogP contribution in [0.3, 0.4) is 0 Å². The summed E-state index contributed by atoms with van der Waals surface area (Å²) in [7, 11) is 0. The molecule has 7 heteroatoms. The number of anilines is 3. The number of furan rings is 1. The fourth-order valence-electron chi connectivity index (χ4n) is 3.13. The molecule has 1 N–H and O–H groups in total. The number of carbonyl (C=O) groups excluding carboxylic acids is 1. The number of hydrogen-bond donors (Lipinski definition) is 1. The van der Waals surface area contributed by atoms with Crippen LogP contribution in [-0.2, 0) is 4.79 Å². The molecule has 1 aromatic carbocycles. The second-order valence-electron chi connectivity index (χ2n) is 6.41. The zero-order valence-corrected chi connectivity index (χ0v) is 15.4. The highest BCUT2D eigenvalue weighted by Gasteiger charge is 2.18. The molecule has 1 fully saturated rings. The van der Waals surface area contributed by atoms with Gasteiger partial charge >= 0.3 is 0 Å². The minimum absolute atomic E-state index is 0.269. The van der Waals surface area contributed by atoms with Gasteiger partial charge in [-0.25, -0.2) is 9.97 Å². The van der Waals surface area contributed by atoms with Crippen molar-refractivity contribution in [2.24, 2.45) is 0 Å². The van der Waals surface area contributed by atoms with E-state index < -0.39 is 0 Å². The largest absolute Gasteiger partial charge is 0.465 e. The smallest absolute Gasteiger partial charge is 0.249 e. The average molecular weight is 375 g/mol. The summed E-state index contributed by atoms with van der Waals surface area (Å²) in [6.45, 7) is 3.55. The van der Waals surface area contributed by atoms with E-state index in [2.05, 4.69) is 49.4 Å². The first-order valence-electron chi connectivity index (χ1n) is 9.17. The lowest BCUT2D eigenvalue weighted by Crippen LogP contribution is -2.46. The molecule has 0 atom stereocenters. The standard InChI is InChI=1S/C21H21N5O2/c27-21(9-8-18-7-4-14-28-18)24-19-15-20(23-16-22-19)26-12-10-25(11-13-26)17-5-2-1-3-6-17/h1-9,14-16H,10-13H2,(H,22,23,24,27)/b9-8+. The van der Waals surface area contributed by atoms with E-state index in [1.54, 1.807) is 30.5 Å². The van der Waals surface area contributed by atoms with Crippen molar-refractivity contribution in [2.45, 2.75) is 0 Å². The van der Waals surface area contributed by atoms with Crippen LogP contribution in [0.5, 0.6) is 0 Å². The number of aromatic nitrogens is 2. The maximum atomic E-state index is 12.1. The van der Waals surface area contributed by atoms with Gasteiger partial charge in [-0.05, 0) is 30.3 Å². The van der Waals surface area contributed by atoms with E-state index in [0.717, 1.165) is 32.0 Å². The van der Waals surface area contributed by atoms with Gasteiger partial charge in [0.05, 0.1) is 6.26 Å². The van der Waals surface area contributed by atoms with Crippen LogP contribution in [0.15, 0.2) is 71.6 Å². The predicted molar refractivity (Wildman–Crippen MR) is 109 cm³/mol. The molecular weight excluding hydrogens is 354 g/mol. The molecule has 0 unspecified atom stereocenters. The van der Waals surface area contributed by atoms with E-state index in [1.165, 1.54) is 18.1 Å². The van der Waals surface area contributed by atoms with Crippen molar-refractivity contribution >= 4 is 29.3 Å². The third kappa shape index (κ3) is 4.37. The first kappa shape index (κ1) is 17.8. The summed E-state index contributed by atoms with van der Waals surface area (Å²) in [6, 6.07) is 15.8. The molecule has 7 nitrogen and oxygen atoms in total. The van der Waals surface area contributed by atoms with Gasteiger partial charge in [-0.2, -0.15) is 0 Å². The number of para-hydroxylation sites is 1. The molecule has 1 saturated heterocycles. The van der Waals surface area contributed by atoms with Gasteiger partial charge in [0.2, 0.25) is 5.91 Å². The highest BCUT2D eigenvalue weighted by Crippen LogP contribution is 2.20. The highest BCUT2D eigenvalue weighted by molar-refractivity contribution is 6.01. The van der Waals surface area contributed by atoms with Crippen molar-refractivity contribution in [1.29, 1.82) is 0 Å². The molecule has 4 rings (SSSR count). The quantitative estimate of drug-likeness (QED) is 0.691. The Bertz CT molecular complexity index is 932. The lowest BCUT2D eigenvalue weighted by atomic mass is 10.2. The fourth-order valence-corrected chi connectivity index (χ4v) is 3.13. The average Bonchev–Trinajstić information content (AvgIpc) is 3.27. The Hall–Kier alpha value is -3.61. The zero-order valence-electron chi connectivity index (χ0n) is 15.4. The summed E-state index contributed by atoms with van der Waals surface area (Å²) < 4.78 is 5.17. The number of amides is 1. The van der Waals surface area contributed by atoms with Gasteiger partial charge in [0.25, 0.3) is 0 Å². The first-order valence-corrected chi connectivity index (χ1v) is 9.17. The Kier molecular flexibility index (Phi) is 5.33. The van der Waals surface area contributed by atoms with Crippen molar-refractivity contribution < 1.29 is 9.21 Å². The Morgan fingerprint density at radius 3 is 2.54 bits per heavy atom. The molecule has 3 heterocycles. The normalized spacial score (nSPS) is 14.4.